The van der Waals surface area contributed by atoms with Gasteiger partial charge in [-0.1, -0.05) is 103 Å². The van der Waals surface area contributed by atoms with Crippen molar-refractivity contribution in [1.29, 1.82) is 0 Å². The number of benzene rings is 1. The molecule has 182 valence electrons. The zero-order valence-electron chi connectivity index (χ0n) is 20.8. The Morgan fingerprint density at radius 3 is 1.84 bits per heavy atom. The molecule has 2 saturated carbocycles. The van der Waals surface area contributed by atoms with Crippen LogP contribution < -0.4 is 0 Å². The third-order valence-electron chi connectivity index (χ3n) is 8.93. The lowest BCUT2D eigenvalue weighted by Crippen LogP contribution is -2.30. The predicted molar refractivity (Wildman–Crippen MR) is 133 cm³/mol. The zero-order valence-corrected chi connectivity index (χ0v) is 20.8. The van der Waals surface area contributed by atoms with Crippen molar-refractivity contribution in [2.75, 3.05) is 0 Å². The van der Waals surface area contributed by atoms with E-state index in [4.69, 9.17) is 0 Å². The van der Waals surface area contributed by atoms with Crippen LogP contribution in [0.15, 0.2) is 18.2 Å². The molecule has 0 spiro atoms. The van der Waals surface area contributed by atoms with Crippen LogP contribution in [-0.2, 0) is 5.41 Å². The summed E-state index contributed by atoms with van der Waals surface area (Å²) in [6, 6.07) is 4.71. The molecule has 0 aliphatic heterocycles. The first kappa shape index (κ1) is 25.7. The molecule has 2 heteroatoms. The van der Waals surface area contributed by atoms with Crippen LogP contribution in [0.4, 0.5) is 8.78 Å². The number of rotatable bonds is 13. The summed E-state index contributed by atoms with van der Waals surface area (Å²) >= 11 is 0. The van der Waals surface area contributed by atoms with Crippen LogP contribution in [0.2, 0.25) is 0 Å². The highest BCUT2D eigenvalue weighted by atomic mass is 19.2. The van der Waals surface area contributed by atoms with Crippen molar-refractivity contribution in [3.05, 3.63) is 35.4 Å². The van der Waals surface area contributed by atoms with Gasteiger partial charge in [0.15, 0.2) is 11.6 Å². The minimum absolute atomic E-state index is 0.0752. The molecule has 0 nitrogen and oxygen atoms in total. The largest absolute Gasteiger partial charge is 0.204 e. The molecule has 32 heavy (non-hydrogen) atoms. The fraction of sp³-hybridized carbons (Fsp3) is 0.800. The van der Waals surface area contributed by atoms with Crippen molar-refractivity contribution >= 4 is 0 Å². The van der Waals surface area contributed by atoms with Gasteiger partial charge in [-0.25, -0.2) is 8.78 Å². The maximum absolute atomic E-state index is 14.0. The SMILES string of the molecule is CCCCCCCCC1(CCCCC2(c3ccc(F)c(F)c3)CCCCC2)CCCCC1. The van der Waals surface area contributed by atoms with Crippen molar-refractivity contribution in [2.45, 2.75) is 147 Å². The van der Waals surface area contributed by atoms with Gasteiger partial charge in [0.05, 0.1) is 0 Å². The van der Waals surface area contributed by atoms with Crippen LogP contribution in [0, 0.1) is 17.0 Å². The first-order chi connectivity index (χ1) is 15.6. The van der Waals surface area contributed by atoms with Crippen LogP contribution in [0.3, 0.4) is 0 Å². The van der Waals surface area contributed by atoms with Crippen LogP contribution in [0.25, 0.3) is 0 Å². The van der Waals surface area contributed by atoms with E-state index in [0.29, 0.717) is 5.41 Å². The van der Waals surface area contributed by atoms with E-state index in [1.807, 2.05) is 6.07 Å². The third-order valence-corrected chi connectivity index (χ3v) is 8.93. The van der Waals surface area contributed by atoms with Crippen molar-refractivity contribution in [1.82, 2.24) is 0 Å². The molecule has 0 amide bonds. The summed E-state index contributed by atoms with van der Waals surface area (Å²) in [6.45, 7) is 2.29. The molecule has 2 aliphatic carbocycles. The summed E-state index contributed by atoms with van der Waals surface area (Å²) in [5, 5.41) is 0. The monoisotopic (exact) mass is 446 g/mol. The zero-order chi connectivity index (χ0) is 22.7. The van der Waals surface area contributed by atoms with Gasteiger partial charge in [-0.3, -0.25) is 0 Å². The topological polar surface area (TPSA) is 0 Å². The molecule has 1 aromatic carbocycles. The molecule has 0 bridgehead atoms. The quantitative estimate of drug-likeness (QED) is 0.264. The van der Waals surface area contributed by atoms with E-state index in [1.165, 1.54) is 128 Å². The first-order valence-electron chi connectivity index (χ1n) is 14.0. The van der Waals surface area contributed by atoms with Gasteiger partial charge in [0.25, 0.3) is 0 Å². The Kier molecular flexibility index (Phi) is 10.5. The molecule has 0 saturated heterocycles. The summed E-state index contributed by atoms with van der Waals surface area (Å²) in [4.78, 5) is 0. The Morgan fingerprint density at radius 2 is 1.19 bits per heavy atom. The second-order valence-electron chi connectivity index (χ2n) is 11.3. The van der Waals surface area contributed by atoms with Crippen LogP contribution >= 0.6 is 0 Å². The number of halogens is 2. The molecule has 0 atom stereocenters. The summed E-state index contributed by atoms with van der Waals surface area (Å²) in [5.41, 5.74) is 1.73. The summed E-state index contributed by atoms with van der Waals surface area (Å²) in [6.07, 6.45) is 28.1. The molecular formula is C30H48F2. The van der Waals surface area contributed by atoms with Crippen LogP contribution in [0.5, 0.6) is 0 Å². The standard InChI is InChI=1S/C30H48F2/c1-2-3-4-5-6-9-18-29(19-10-7-11-20-29)21-14-15-24-30(22-12-8-13-23-30)26-16-17-27(31)28(32)25-26/h16-17,25H,2-15,18-24H2,1H3. The van der Waals surface area contributed by atoms with E-state index in [-0.39, 0.29) is 5.41 Å². The van der Waals surface area contributed by atoms with Gasteiger partial charge >= 0.3 is 0 Å². The lowest BCUT2D eigenvalue weighted by molar-refractivity contribution is 0.143. The van der Waals surface area contributed by atoms with E-state index < -0.39 is 11.6 Å². The number of unbranched alkanes of at least 4 members (excludes halogenated alkanes) is 6. The molecule has 0 radical (unpaired) electrons. The molecule has 0 aromatic heterocycles. The molecule has 1 aromatic rings. The van der Waals surface area contributed by atoms with Gasteiger partial charge in [0.2, 0.25) is 0 Å². The van der Waals surface area contributed by atoms with E-state index in [9.17, 15) is 8.78 Å². The lowest BCUT2D eigenvalue weighted by Gasteiger charge is -2.40. The molecule has 0 N–H and O–H groups in total. The van der Waals surface area contributed by atoms with Gasteiger partial charge in [-0.15, -0.1) is 0 Å². The second-order valence-corrected chi connectivity index (χ2v) is 11.3. The van der Waals surface area contributed by atoms with Gasteiger partial charge in [-0.2, -0.15) is 0 Å². The molecule has 0 heterocycles. The highest BCUT2D eigenvalue weighted by molar-refractivity contribution is 5.27. The van der Waals surface area contributed by atoms with Crippen molar-refractivity contribution in [2.24, 2.45) is 5.41 Å². The third kappa shape index (κ3) is 7.29. The van der Waals surface area contributed by atoms with E-state index in [2.05, 4.69) is 6.92 Å². The highest BCUT2D eigenvalue weighted by Gasteiger charge is 2.35. The van der Waals surface area contributed by atoms with Crippen molar-refractivity contribution < 1.29 is 8.78 Å². The summed E-state index contributed by atoms with van der Waals surface area (Å²) in [5.74, 6) is -1.39. The highest BCUT2D eigenvalue weighted by Crippen LogP contribution is 2.47. The number of hydrogen-bond acceptors (Lipinski definition) is 0. The summed E-state index contributed by atoms with van der Waals surface area (Å²) in [7, 11) is 0. The Balaban J connectivity index is 1.52. The van der Waals surface area contributed by atoms with Gasteiger partial charge in [-0.05, 0) is 73.5 Å². The Bertz CT molecular complexity index is 653. The molecule has 2 aliphatic rings. The van der Waals surface area contributed by atoms with E-state index >= 15 is 0 Å². The van der Waals surface area contributed by atoms with Crippen molar-refractivity contribution in [3.63, 3.8) is 0 Å². The Labute approximate surface area is 197 Å². The molecular weight excluding hydrogens is 398 g/mol. The average molecular weight is 447 g/mol. The molecule has 3 rings (SSSR count). The van der Waals surface area contributed by atoms with Crippen LogP contribution in [0.1, 0.15) is 147 Å². The molecule has 2 fully saturated rings. The predicted octanol–water partition coefficient (Wildman–Crippen LogP) is 10.4. The minimum atomic E-state index is -0.714. The van der Waals surface area contributed by atoms with Gasteiger partial charge in [0, 0.05) is 0 Å². The Hall–Kier alpha value is -0.920. The normalized spacial score (nSPS) is 20.3. The maximum atomic E-state index is 14.0. The Morgan fingerprint density at radius 1 is 0.625 bits per heavy atom. The van der Waals surface area contributed by atoms with Crippen molar-refractivity contribution in [3.8, 4) is 0 Å². The minimum Gasteiger partial charge on any atom is -0.204 e. The maximum Gasteiger partial charge on any atom is 0.159 e. The smallest absolute Gasteiger partial charge is 0.159 e. The molecule has 0 unspecified atom stereocenters. The fourth-order valence-corrected chi connectivity index (χ4v) is 6.91. The fourth-order valence-electron chi connectivity index (χ4n) is 6.91. The second kappa shape index (κ2) is 13.1. The van der Waals surface area contributed by atoms with E-state index in [0.717, 1.165) is 24.8 Å². The van der Waals surface area contributed by atoms with E-state index in [1.54, 1.807) is 0 Å². The first-order valence-corrected chi connectivity index (χ1v) is 14.0. The van der Waals surface area contributed by atoms with Crippen LogP contribution in [-0.4, -0.2) is 0 Å². The lowest BCUT2D eigenvalue weighted by atomic mass is 9.65. The van der Waals surface area contributed by atoms with Gasteiger partial charge in [0.1, 0.15) is 0 Å². The van der Waals surface area contributed by atoms with Gasteiger partial charge < -0.3 is 0 Å². The average Bonchev–Trinajstić information content (AvgIpc) is 2.82. The number of hydrogen-bond donors (Lipinski definition) is 0. The summed E-state index contributed by atoms with van der Waals surface area (Å²) < 4.78 is 27.6.